The third-order valence-corrected chi connectivity index (χ3v) is 4.91. The molecule has 0 bridgehead atoms. The van der Waals surface area contributed by atoms with Crippen molar-refractivity contribution in [1.29, 1.82) is 0 Å². The minimum Gasteiger partial charge on any atom is -0.465 e. The van der Waals surface area contributed by atoms with Crippen molar-refractivity contribution in [1.82, 2.24) is 0 Å². The molecule has 0 N–H and O–H groups in total. The molecule has 1 fully saturated rings. The number of rotatable bonds is 2. The molecular formula is C19H18O2. The van der Waals surface area contributed by atoms with Crippen LogP contribution in [0.5, 0.6) is 0 Å². The van der Waals surface area contributed by atoms with E-state index in [2.05, 4.69) is 49.4 Å². The van der Waals surface area contributed by atoms with Gasteiger partial charge in [0.2, 0.25) is 0 Å². The summed E-state index contributed by atoms with van der Waals surface area (Å²) in [4.78, 5) is 12.3. The van der Waals surface area contributed by atoms with Gasteiger partial charge in [-0.25, -0.2) is 0 Å². The van der Waals surface area contributed by atoms with Gasteiger partial charge in [-0.05, 0) is 36.1 Å². The minimum absolute atomic E-state index is 0.0440. The molecule has 1 aliphatic heterocycles. The Morgan fingerprint density at radius 2 is 2.00 bits per heavy atom. The first-order chi connectivity index (χ1) is 10.2. The zero-order valence-electron chi connectivity index (χ0n) is 12.1. The van der Waals surface area contributed by atoms with Gasteiger partial charge in [0.1, 0.15) is 0 Å². The van der Waals surface area contributed by atoms with E-state index in [1.54, 1.807) is 0 Å². The summed E-state index contributed by atoms with van der Waals surface area (Å²) in [5, 5.41) is 2.47. The van der Waals surface area contributed by atoms with E-state index in [1.165, 1.54) is 21.9 Å². The second-order valence-electron chi connectivity index (χ2n) is 6.39. The van der Waals surface area contributed by atoms with Crippen LogP contribution in [0.15, 0.2) is 54.1 Å². The Morgan fingerprint density at radius 1 is 1.19 bits per heavy atom. The standard InChI is InChI=1S/C19H18O2/c1-13-8-17-12-21-18(20)19(17,10-13)11-14-6-7-15-4-2-3-5-16(15)9-14/h2-7,9-10,17H,8,11-12H2,1H3/t17-,19-/m1/s1. The molecule has 0 amide bonds. The number of benzene rings is 2. The zero-order valence-corrected chi connectivity index (χ0v) is 12.1. The van der Waals surface area contributed by atoms with Gasteiger partial charge in [-0.2, -0.15) is 0 Å². The van der Waals surface area contributed by atoms with Crippen LogP contribution < -0.4 is 0 Å². The second kappa shape index (κ2) is 4.45. The normalized spacial score (nSPS) is 27.6. The molecule has 4 rings (SSSR count). The van der Waals surface area contributed by atoms with Crippen LogP contribution >= 0.6 is 0 Å². The molecule has 2 aromatic carbocycles. The van der Waals surface area contributed by atoms with E-state index in [0.29, 0.717) is 12.5 Å². The first kappa shape index (κ1) is 12.6. The van der Waals surface area contributed by atoms with Crippen LogP contribution in [0.2, 0.25) is 0 Å². The third kappa shape index (κ3) is 1.90. The Kier molecular flexibility index (Phi) is 2.68. The lowest BCUT2D eigenvalue weighted by Crippen LogP contribution is -2.30. The first-order valence-electron chi connectivity index (χ1n) is 7.51. The predicted octanol–water partition coefficient (Wildman–Crippen LogP) is 3.89. The Labute approximate surface area is 124 Å². The number of allylic oxidation sites excluding steroid dienone is 1. The SMILES string of the molecule is CC1=C[C@]2(Cc3ccc4ccccc4c3)C(=O)OC[C@H]2C1. The molecule has 106 valence electrons. The van der Waals surface area contributed by atoms with E-state index < -0.39 is 5.41 Å². The summed E-state index contributed by atoms with van der Waals surface area (Å²) in [6, 6.07) is 14.8. The summed E-state index contributed by atoms with van der Waals surface area (Å²) >= 11 is 0. The lowest BCUT2D eigenvalue weighted by molar-refractivity contribution is -0.144. The summed E-state index contributed by atoms with van der Waals surface area (Å²) in [6.45, 7) is 2.69. The van der Waals surface area contributed by atoms with Crippen molar-refractivity contribution in [3.8, 4) is 0 Å². The fourth-order valence-corrected chi connectivity index (χ4v) is 3.89. The Hall–Kier alpha value is -2.09. The topological polar surface area (TPSA) is 26.3 Å². The van der Waals surface area contributed by atoms with Gasteiger partial charge >= 0.3 is 5.97 Å². The summed E-state index contributed by atoms with van der Waals surface area (Å²) in [5.74, 6) is 0.272. The highest BCUT2D eigenvalue weighted by molar-refractivity contribution is 5.85. The van der Waals surface area contributed by atoms with Crippen LogP contribution in [0.4, 0.5) is 0 Å². The van der Waals surface area contributed by atoms with Crippen molar-refractivity contribution in [2.45, 2.75) is 19.8 Å². The monoisotopic (exact) mass is 278 g/mol. The van der Waals surface area contributed by atoms with Gasteiger partial charge in [0.05, 0.1) is 12.0 Å². The van der Waals surface area contributed by atoms with Gasteiger partial charge in [0.25, 0.3) is 0 Å². The molecule has 1 saturated heterocycles. The van der Waals surface area contributed by atoms with E-state index in [0.717, 1.165) is 12.8 Å². The molecule has 0 unspecified atom stereocenters. The summed E-state index contributed by atoms with van der Waals surface area (Å²) in [5.41, 5.74) is 2.10. The van der Waals surface area contributed by atoms with Crippen molar-refractivity contribution < 1.29 is 9.53 Å². The molecule has 2 nitrogen and oxygen atoms in total. The van der Waals surface area contributed by atoms with Crippen LogP contribution in [0.25, 0.3) is 10.8 Å². The molecule has 21 heavy (non-hydrogen) atoms. The number of hydrogen-bond donors (Lipinski definition) is 0. The minimum atomic E-state index is -0.424. The fourth-order valence-electron chi connectivity index (χ4n) is 3.89. The van der Waals surface area contributed by atoms with Gasteiger partial charge in [-0.15, -0.1) is 0 Å². The maximum absolute atomic E-state index is 12.3. The van der Waals surface area contributed by atoms with E-state index >= 15 is 0 Å². The quantitative estimate of drug-likeness (QED) is 0.615. The van der Waals surface area contributed by atoms with E-state index in [-0.39, 0.29) is 5.97 Å². The van der Waals surface area contributed by atoms with Crippen LogP contribution in [0.1, 0.15) is 18.9 Å². The fraction of sp³-hybridized carbons (Fsp3) is 0.316. The van der Waals surface area contributed by atoms with Gasteiger partial charge in [0.15, 0.2) is 0 Å². The van der Waals surface area contributed by atoms with Crippen molar-refractivity contribution in [3.63, 3.8) is 0 Å². The molecule has 2 aliphatic rings. The van der Waals surface area contributed by atoms with Gasteiger partial charge in [-0.1, -0.05) is 54.1 Å². The number of hydrogen-bond acceptors (Lipinski definition) is 2. The van der Waals surface area contributed by atoms with Crippen LogP contribution in [-0.4, -0.2) is 12.6 Å². The zero-order chi connectivity index (χ0) is 14.4. The molecule has 0 aromatic heterocycles. The Morgan fingerprint density at radius 3 is 2.86 bits per heavy atom. The molecule has 0 radical (unpaired) electrons. The van der Waals surface area contributed by atoms with Crippen LogP contribution in [0, 0.1) is 11.3 Å². The van der Waals surface area contributed by atoms with Gasteiger partial charge in [0, 0.05) is 5.92 Å². The first-order valence-corrected chi connectivity index (χ1v) is 7.51. The average Bonchev–Trinajstić information content (AvgIpc) is 2.94. The summed E-state index contributed by atoms with van der Waals surface area (Å²) < 4.78 is 5.35. The summed E-state index contributed by atoms with van der Waals surface area (Å²) in [7, 11) is 0. The molecule has 0 spiro atoms. The highest BCUT2D eigenvalue weighted by Gasteiger charge is 2.53. The Bertz CT molecular complexity index is 759. The summed E-state index contributed by atoms with van der Waals surface area (Å²) in [6.07, 6.45) is 3.89. The highest BCUT2D eigenvalue weighted by Crippen LogP contribution is 2.49. The molecule has 2 heteroatoms. The van der Waals surface area contributed by atoms with Crippen LogP contribution in [-0.2, 0) is 16.0 Å². The smallest absolute Gasteiger partial charge is 0.316 e. The molecule has 2 aromatic rings. The van der Waals surface area contributed by atoms with E-state index in [1.807, 2.05) is 6.07 Å². The second-order valence-corrected chi connectivity index (χ2v) is 6.39. The predicted molar refractivity (Wildman–Crippen MR) is 82.9 cm³/mol. The Balaban J connectivity index is 1.74. The van der Waals surface area contributed by atoms with Gasteiger partial charge in [-0.3, -0.25) is 4.79 Å². The number of carbonyl (C=O) groups is 1. The molecular weight excluding hydrogens is 260 g/mol. The van der Waals surface area contributed by atoms with E-state index in [4.69, 9.17) is 4.74 Å². The molecule has 1 heterocycles. The number of esters is 1. The van der Waals surface area contributed by atoms with Crippen LogP contribution in [0.3, 0.4) is 0 Å². The molecule has 1 aliphatic carbocycles. The highest BCUT2D eigenvalue weighted by atomic mass is 16.5. The maximum atomic E-state index is 12.3. The van der Waals surface area contributed by atoms with E-state index in [9.17, 15) is 4.79 Å². The number of ether oxygens (including phenoxy) is 1. The largest absolute Gasteiger partial charge is 0.465 e. The molecule has 2 atom stereocenters. The van der Waals surface area contributed by atoms with Crippen molar-refractivity contribution >= 4 is 16.7 Å². The third-order valence-electron chi connectivity index (χ3n) is 4.91. The van der Waals surface area contributed by atoms with Gasteiger partial charge < -0.3 is 4.74 Å². The number of carbonyl (C=O) groups excluding carboxylic acids is 1. The van der Waals surface area contributed by atoms with Crippen molar-refractivity contribution in [3.05, 3.63) is 59.7 Å². The molecule has 0 saturated carbocycles. The lowest BCUT2D eigenvalue weighted by atomic mass is 9.75. The van der Waals surface area contributed by atoms with Crippen molar-refractivity contribution in [2.24, 2.45) is 11.3 Å². The van der Waals surface area contributed by atoms with Crippen molar-refractivity contribution in [2.75, 3.05) is 6.61 Å². The maximum Gasteiger partial charge on any atom is 0.316 e. The lowest BCUT2D eigenvalue weighted by Gasteiger charge is -2.23. The average molecular weight is 278 g/mol. The number of cyclic esters (lactones) is 1. The number of fused-ring (bicyclic) bond motifs is 2.